The van der Waals surface area contributed by atoms with Crippen LogP contribution in [0.4, 0.5) is 0 Å². The molecule has 5 nitrogen and oxygen atoms in total. The van der Waals surface area contributed by atoms with Crippen molar-refractivity contribution in [3.05, 3.63) is 60.3 Å². The standard InChI is InChI=1S/C22H24N4O/c27-22(18-7-8-20-17(13-18)3-1-9-23-20)26-11-2-4-19(15-26)21-24-10-12-25(21)14-16-5-6-16/h1,3,7-10,12-13,16,19H,2,4-6,11,14-15H2/t19-/m0/s1. The summed E-state index contributed by atoms with van der Waals surface area (Å²) in [5, 5.41) is 1.01. The minimum Gasteiger partial charge on any atom is -0.338 e. The van der Waals surface area contributed by atoms with E-state index in [2.05, 4.69) is 20.7 Å². The molecule has 0 radical (unpaired) electrons. The number of hydrogen-bond donors (Lipinski definition) is 0. The van der Waals surface area contributed by atoms with Crippen LogP contribution in [-0.4, -0.2) is 38.4 Å². The van der Waals surface area contributed by atoms with Gasteiger partial charge in [-0.2, -0.15) is 0 Å². The van der Waals surface area contributed by atoms with Crippen molar-refractivity contribution in [3.63, 3.8) is 0 Å². The summed E-state index contributed by atoms with van der Waals surface area (Å²) in [4.78, 5) is 24.1. The lowest BCUT2D eigenvalue weighted by Crippen LogP contribution is -2.39. The second-order valence-corrected chi connectivity index (χ2v) is 7.88. The molecule has 2 aromatic heterocycles. The molecule has 1 aromatic carbocycles. The fourth-order valence-corrected chi connectivity index (χ4v) is 4.18. The zero-order valence-electron chi connectivity index (χ0n) is 15.4. The van der Waals surface area contributed by atoms with E-state index in [1.54, 1.807) is 6.20 Å². The summed E-state index contributed by atoms with van der Waals surface area (Å²) in [5.74, 6) is 2.43. The van der Waals surface area contributed by atoms with Gasteiger partial charge < -0.3 is 9.47 Å². The first kappa shape index (κ1) is 16.5. The molecule has 1 atom stereocenters. The number of carbonyl (C=O) groups excluding carboxylic acids is 1. The number of likely N-dealkylation sites (tertiary alicyclic amines) is 1. The predicted molar refractivity (Wildman–Crippen MR) is 105 cm³/mol. The summed E-state index contributed by atoms with van der Waals surface area (Å²) in [6, 6.07) is 9.71. The number of rotatable bonds is 4. The smallest absolute Gasteiger partial charge is 0.253 e. The van der Waals surface area contributed by atoms with E-state index < -0.39 is 0 Å². The molecular weight excluding hydrogens is 336 g/mol. The maximum Gasteiger partial charge on any atom is 0.253 e. The zero-order chi connectivity index (χ0) is 18.2. The van der Waals surface area contributed by atoms with Crippen molar-refractivity contribution in [2.75, 3.05) is 13.1 Å². The van der Waals surface area contributed by atoms with Crippen LogP contribution >= 0.6 is 0 Å². The average molecular weight is 360 g/mol. The second kappa shape index (κ2) is 6.80. The minimum absolute atomic E-state index is 0.116. The summed E-state index contributed by atoms with van der Waals surface area (Å²) in [5.41, 5.74) is 1.67. The van der Waals surface area contributed by atoms with Crippen molar-refractivity contribution >= 4 is 16.8 Å². The van der Waals surface area contributed by atoms with Crippen LogP contribution in [0, 0.1) is 5.92 Å². The van der Waals surface area contributed by atoms with E-state index in [0.717, 1.165) is 60.7 Å². The number of nitrogens with zero attached hydrogens (tertiary/aromatic N) is 4. The number of carbonyl (C=O) groups is 1. The summed E-state index contributed by atoms with van der Waals surface area (Å²) >= 11 is 0. The quantitative estimate of drug-likeness (QED) is 0.710. The van der Waals surface area contributed by atoms with Crippen molar-refractivity contribution in [1.82, 2.24) is 19.4 Å². The van der Waals surface area contributed by atoms with Crippen LogP contribution in [0.5, 0.6) is 0 Å². The molecule has 0 bridgehead atoms. The molecule has 2 aliphatic rings. The van der Waals surface area contributed by atoms with Crippen molar-refractivity contribution < 1.29 is 4.79 Å². The Labute approximate surface area is 159 Å². The van der Waals surface area contributed by atoms with Crippen molar-refractivity contribution in [3.8, 4) is 0 Å². The minimum atomic E-state index is 0.116. The second-order valence-electron chi connectivity index (χ2n) is 7.88. The highest BCUT2D eigenvalue weighted by Gasteiger charge is 2.29. The van der Waals surface area contributed by atoms with Gasteiger partial charge in [0.1, 0.15) is 5.82 Å². The van der Waals surface area contributed by atoms with E-state index in [9.17, 15) is 4.79 Å². The summed E-state index contributed by atoms with van der Waals surface area (Å²) in [7, 11) is 0. The Kier molecular flexibility index (Phi) is 4.15. The van der Waals surface area contributed by atoms with Crippen LogP contribution in [0.1, 0.15) is 47.8 Å². The third-order valence-electron chi connectivity index (χ3n) is 5.82. The van der Waals surface area contributed by atoms with E-state index in [1.165, 1.54) is 12.8 Å². The Bertz CT molecular complexity index is 975. The molecule has 5 heteroatoms. The Morgan fingerprint density at radius 2 is 2.04 bits per heavy atom. The Morgan fingerprint density at radius 1 is 1.11 bits per heavy atom. The van der Waals surface area contributed by atoms with Crippen LogP contribution in [0.2, 0.25) is 0 Å². The maximum absolute atomic E-state index is 13.1. The number of aromatic nitrogens is 3. The molecule has 3 aromatic rings. The molecule has 1 amide bonds. The summed E-state index contributed by atoms with van der Waals surface area (Å²) in [6.45, 7) is 2.66. The van der Waals surface area contributed by atoms with Gasteiger partial charge >= 0.3 is 0 Å². The molecule has 3 heterocycles. The number of pyridine rings is 1. The van der Waals surface area contributed by atoms with Gasteiger partial charge in [-0.05, 0) is 55.9 Å². The Morgan fingerprint density at radius 3 is 2.93 bits per heavy atom. The SMILES string of the molecule is O=C(c1ccc2ncccc2c1)N1CCC[C@H](c2nccn2CC2CC2)C1. The van der Waals surface area contributed by atoms with Gasteiger partial charge in [0.15, 0.2) is 0 Å². The molecule has 1 aliphatic carbocycles. The fourth-order valence-electron chi connectivity index (χ4n) is 4.18. The van der Waals surface area contributed by atoms with Crippen molar-refractivity contribution in [1.29, 1.82) is 0 Å². The van der Waals surface area contributed by atoms with E-state index in [0.29, 0.717) is 5.92 Å². The van der Waals surface area contributed by atoms with Gasteiger partial charge in [-0.15, -0.1) is 0 Å². The highest BCUT2D eigenvalue weighted by atomic mass is 16.2. The number of fused-ring (bicyclic) bond motifs is 1. The van der Waals surface area contributed by atoms with E-state index >= 15 is 0 Å². The molecule has 2 fully saturated rings. The molecule has 0 N–H and O–H groups in total. The fraction of sp³-hybridized carbons (Fsp3) is 0.409. The highest BCUT2D eigenvalue weighted by Crippen LogP contribution is 2.33. The molecule has 5 rings (SSSR count). The maximum atomic E-state index is 13.1. The van der Waals surface area contributed by atoms with Crippen LogP contribution < -0.4 is 0 Å². The molecular formula is C22H24N4O. The Hall–Kier alpha value is -2.69. The van der Waals surface area contributed by atoms with E-state index in [4.69, 9.17) is 0 Å². The molecule has 1 saturated heterocycles. The topological polar surface area (TPSA) is 51.0 Å². The monoisotopic (exact) mass is 360 g/mol. The van der Waals surface area contributed by atoms with Crippen LogP contribution in [0.25, 0.3) is 10.9 Å². The van der Waals surface area contributed by atoms with Crippen molar-refractivity contribution in [2.24, 2.45) is 5.92 Å². The lowest BCUT2D eigenvalue weighted by atomic mass is 9.96. The number of piperidine rings is 1. The molecule has 27 heavy (non-hydrogen) atoms. The first-order chi connectivity index (χ1) is 13.3. The highest BCUT2D eigenvalue weighted by molar-refractivity contribution is 5.98. The van der Waals surface area contributed by atoms with E-state index in [1.807, 2.05) is 41.4 Å². The lowest BCUT2D eigenvalue weighted by molar-refractivity contribution is 0.0703. The van der Waals surface area contributed by atoms with Gasteiger partial charge in [-0.25, -0.2) is 4.98 Å². The first-order valence-corrected chi connectivity index (χ1v) is 9.93. The summed E-state index contributed by atoms with van der Waals surface area (Å²) in [6.07, 6.45) is 10.6. The van der Waals surface area contributed by atoms with Gasteiger partial charge in [-0.1, -0.05) is 6.07 Å². The molecule has 0 spiro atoms. The van der Waals surface area contributed by atoms with Gasteiger partial charge in [0.05, 0.1) is 5.52 Å². The van der Waals surface area contributed by atoms with Crippen LogP contribution in [-0.2, 0) is 6.54 Å². The normalized spacial score (nSPS) is 20.1. The third-order valence-corrected chi connectivity index (χ3v) is 5.82. The number of hydrogen-bond acceptors (Lipinski definition) is 3. The van der Waals surface area contributed by atoms with Crippen LogP contribution in [0.15, 0.2) is 48.9 Å². The van der Waals surface area contributed by atoms with E-state index in [-0.39, 0.29) is 5.91 Å². The Balaban J connectivity index is 1.35. The van der Waals surface area contributed by atoms with Gasteiger partial charge in [0.2, 0.25) is 0 Å². The van der Waals surface area contributed by atoms with Crippen LogP contribution in [0.3, 0.4) is 0 Å². The summed E-state index contributed by atoms with van der Waals surface area (Å²) < 4.78 is 2.32. The van der Waals surface area contributed by atoms with Gasteiger partial charge in [0.25, 0.3) is 5.91 Å². The van der Waals surface area contributed by atoms with Gasteiger partial charge in [-0.3, -0.25) is 9.78 Å². The predicted octanol–water partition coefficient (Wildman–Crippen LogP) is 3.86. The average Bonchev–Trinajstić information content (AvgIpc) is 3.42. The third kappa shape index (κ3) is 3.34. The first-order valence-electron chi connectivity index (χ1n) is 9.93. The molecule has 138 valence electrons. The molecule has 0 unspecified atom stereocenters. The molecule has 1 aliphatic heterocycles. The zero-order valence-corrected chi connectivity index (χ0v) is 15.4. The lowest BCUT2D eigenvalue weighted by Gasteiger charge is -2.33. The largest absolute Gasteiger partial charge is 0.338 e. The number of amides is 1. The molecule has 1 saturated carbocycles. The number of imidazole rings is 1. The van der Waals surface area contributed by atoms with Gasteiger partial charge in [0, 0.05) is 55.1 Å². The van der Waals surface area contributed by atoms with Crippen molar-refractivity contribution in [2.45, 2.75) is 38.1 Å². The number of benzene rings is 1.